The Labute approximate surface area is 108 Å². The SMILES string of the molecule is CSC1(CNC(=O)CC2(N)CCC2)CCCC1. The van der Waals surface area contributed by atoms with Crippen LogP contribution in [0, 0.1) is 0 Å². The average molecular weight is 256 g/mol. The molecule has 0 unspecified atom stereocenters. The maximum absolute atomic E-state index is 11.9. The molecule has 3 nitrogen and oxygen atoms in total. The largest absolute Gasteiger partial charge is 0.355 e. The molecule has 0 aromatic heterocycles. The zero-order valence-electron chi connectivity index (χ0n) is 10.8. The van der Waals surface area contributed by atoms with Crippen LogP contribution in [0.5, 0.6) is 0 Å². The molecule has 17 heavy (non-hydrogen) atoms. The topological polar surface area (TPSA) is 55.1 Å². The highest BCUT2D eigenvalue weighted by atomic mass is 32.2. The number of thioether (sulfide) groups is 1. The van der Waals surface area contributed by atoms with Crippen molar-refractivity contribution in [2.75, 3.05) is 12.8 Å². The van der Waals surface area contributed by atoms with Crippen LogP contribution >= 0.6 is 11.8 Å². The molecule has 4 heteroatoms. The van der Waals surface area contributed by atoms with Gasteiger partial charge in [0.25, 0.3) is 0 Å². The second kappa shape index (κ2) is 5.19. The summed E-state index contributed by atoms with van der Waals surface area (Å²) in [4.78, 5) is 11.9. The zero-order chi connectivity index (χ0) is 12.4. The Morgan fingerprint density at radius 1 is 1.24 bits per heavy atom. The maximum atomic E-state index is 11.9. The third-order valence-electron chi connectivity index (χ3n) is 4.42. The van der Waals surface area contributed by atoms with E-state index in [2.05, 4.69) is 11.6 Å². The van der Waals surface area contributed by atoms with Crippen molar-refractivity contribution in [2.45, 2.75) is 61.7 Å². The molecule has 1 amide bonds. The van der Waals surface area contributed by atoms with Crippen LogP contribution in [0.25, 0.3) is 0 Å². The first kappa shape index (κ1) is 13.2. The van der Waals surface area contributed by atoms with Crippen molar-refractivity contribution >= 4 is 17.7 Å². The van der Waals surface area contributed by atoms with E-state index >= 15 is 0 Å². The van der Waals surface area contributed by atoms with E-state index in [0.717, 1.165) is 19.4 Å². The van der Waals surface area contributed by atoms with Crippen LogP contribution in [0.2, 0.25) is 0 Å². The van der Waals surface area contributed by atoms with Gasteiger partial charge in [0.15, 0.2) is 0 Å². The van der Waals surface area contributed by atoms with Crippen molar-refractivity contribution in [3.8, 4) is 0 Å². The molecule has 0 aliphatic heterocycles. The second-order valence-electron chi connectivity index (χ2n) is 5.76. The molecule has 2 fully saturated rings. The summed E-state index contributed by atoms with van der Waals surface area (Å²) in [7, 11) is 0. The van der Waals surface area contributed by atoms with Crippen molar-refractivity contribution in [1.82, 2.24) is 5.32 Å². The Hall–Kier alpha value is -0.220. The Balaban J connectivity index is 1.75. The number of hydrogen-bond acceptors (Lipinski definition) is 3. The van der Waals surface area contributed by atoms with Crippen LogP contribution in [-0.2, 0) is 4.79 Å². The van der Waals surface area contributed by atoms with Gasteiger partial charge in [-0.3, -0.25) is 4.79 Å². The van der Waals surface area contributed by atoms with Crippen molar-refractivity contribution in [1.29, 1.82) is 0 Å². The second-order valence-corrected chi connectivity index (χ2v) is 7.04. The van der Waals surface area contributed by atoms with Crippen LogP contribution in [-0.4, -0.2) is 29.0 Å². The Bertz CT molecular complexity index is 283. The number of carbonyl (C=O) groups excluding carboxylic acids is 1. The number of nitrogens with two attached hydrogens (primary N) is 1. The molecule has 2 saturated carbocycles. The summed E-state index contributed by atoms with van der Waals surface area (Å²) < 4.78 is 0.303. The molecule has 0 atom stereocenters. The van der Waals surface area contributed by atoms with Gasteiger partial charge in [0.2, 0.25) is 5.91 Å². The average Bonchev–Trinajstić information content (AvgIpc) is 2.74. The first-order valence-corrected chi connectivity index (χ1v) is 7.91. The minimum Gasteiger partial charge on any atom is -0.355 e. The molecule has 3 N–H and O–H groups in total. The Morgan fingerprint density at radius 2 is 1.88 bits per heavy atom. The first-order chi connectivity index (χ1) is 8.08. The summed E-state index contributed by atoms with van der Waals surface area (Å²) in [6.45, 7) is 0.822. The molecule has 98 valence electrons. The number of hydrogen-bond donors (Lipinski definition) is 2. The van der Waals surface area contributed by atoms with E-state index in [1.54, 1.807) is 0 Å². The van der Waals surface area contributed by atoms with Gasteiger partial charge in [-0.1, -0.05) is 12.8 Å². The minimum absolute atomic E-state index is 0.146. The van der Waals surface area contributed by atoms with Crippen LogP contribution < -0.4 is 11.1 Å². The molecule has 0 radical (unpaired) electrons. The molecular weight excluding hydrogens is 232 g/mol. The highest BCUT2D eigenvalue weighted by Crippen LogP contribution is 2.39. The van der Waals surface area contributed by atoms with Crippen LogP contribution in [0.3, 0.4) is 0 Å². The van der Waals surface area contributed by atoms with Gasteiger partial charge in [-0.2, -0.15) is 11.8 Å². The monoisotopic (exact) mass is 256 g/mol. The van der Waals surface area contributed by atoms with E-state index in [4.69, 9.17) is 5.73 Å². The predicted molar refractivity (Wildman–Crippen MR) is 73.1 cm³/mol. The van der Waals surface area contributed by atoms with Gasteiger partial charge < -0.3 is 11.1 Å². The van der Waals surface area contributed by atoms with Crippen LogP contribution in [0.4, 0.5) is 0 Å². The fourth-order valence-electron chi connectivity index (χ4n) is 2.92. The first-order valence-electron chi connectivity index (χ1n) is 6.68. The van der Waals surface area contributed by atoms with Crippen molar-refractivity contribution < 1.29 is 4.79 Å². The third kappa shape index (κ3) is 3.16. The summed E-state index contributed by atoms with van der Waals surface area (Å²) in [5, 5.41) is 3.10. The Kier molecular flexibility index (Phi) is 4.03. The molecule has 0 heterocycles. The van der Waals surface area contributed by atoms with E-state index in [1.165, 1.54) is 32.1 Å². The lowest BCUT2D eigenvalue weighted by Crippen LogP contribution is -2.51. The molecule has 2 aliphatic carbocycles. The van der Waals surface area contributed by atoms with Gasteiger partial charge in [-0.05, 0) is 38.4 Å². The van der Waals surface area contributed by atoms with Gasteiger partial charge in [0.05, 0.1) is 0 Å². The van der Waals surface area contributed by atoms with E-state index < -0.39 is 0 Å². The van der Waals surface area contributed by atoms with Gasteiger partial charge in [0, 0.05) is 23.3 Å². The fourth-order valence-corrected chi connectivity index (χ4v) is 3.84. The Morgan fingerprint density at radius 3 is 2.35 bits per heavy atom. The van der Waals surface area contributed by atoms with Gasteiger partial charge in [-0.25, -0.2) is 0 Å². The summed E-state index contributed by atoms with van der Waals surface area (Å²) in [5.74, 6) is 0.146. The van der Waals surface area contributed by atoms with Crippen molar-refractivity contribution in [3.63, 3.8) is 0 Å². The zero-order valence-corrected chi connectivity index (χ0v) is 11.6. The van der Waals surface area contributed by atoms with Gasteiger partial charge in [-0.15, -0.1) is 0 Å². The molecule has 2 rings (SSSR count). The normalized spacial score (nSPS) is 25.3. The lowest BCUT2D eigenvalue weighted by atomic mass is 9.75. The summed E-state index contributed by atoms with van der Waals surface area (Å²) in [5.41, 5.74) is 5.90. The van der Waals surface area contributed by atoms with E-state index in [0.29, 0.717) is 11.2 Å². The van der Waals surface area contributed by atoms with Gasteiger partial charge in [0.1, 0.15) is 0 Å². The molecule has 2 aliphatic rings. The van der Waals surface area contributed by atoms with E-state index in [-0.39, 0.29) is 11.4 Å². The minimum atomic E-state index is -0.188. The number of nitrogens with one attached hydrogen (secondary N) is 1. The molecule has 0 saturated heterocycles. The summed E-state index contributed by atoms with van der Waals surface area (Å²) in [6, 6.07) is 0. The smallest absolute Gasteiger partial charge is 0.221 e. The highest BCUT2D eigenvalue weighted by Gasteiger charge is 2.36. The number of amides is 1. The van der Waals surface area contributed by atoms with Crippen molar-refractivity contribution in [2.24, 2.45) is 5.73 Å². The summed E-state index contributed by atoms with van der Waals surface area (Å²) >= 11 is 1.91. The summed E-state index contributed by atoms with van der Waals surface area (Å²) in [6.07, 6.45) is 10.9. The molecule has 0 bridgehead atoms. The molecular formula is C13H24N2OS. The fraction of sp³-hybridized carbons (Fsp3) is 0.923. The highest BCUT2D eigenvalue weighted by molar-refractivity contribution is 8.00. The maximum Gasteiger partial charge on any atom is 0.221 e. The van der Waals surface area contributed by atoms with Crippen LogP contribution in [0.15, 0.2) is 0 Å². The van der Waals surface area contributed by atoms with Crippen LogP contribution in [0.1, 0.15) is 51.4 Å². The number of carbonyl (C=O) groups is 1. The van der Waals surface area contributed by atoms with Crippen molar-refractivity contribution in [3.05, 3.63) is 0 Å². The third-order valence-corrected chi connectivity index (χ3v) is 5.84. The number of rotatable bonds is 5. The molecule has 0 aromatic carbocycles. The lowest BCUT2D eigenvalue weighted by molar-refractivity contribution is -0.123. The standard InChI is InChI=1S/C13H24N2OS/c1-17-13(7-2-3-8-13)10-15-11(16)9-12(14)5-4-6-12/h2-10,14H2,1H3,(H,15,16). The molecule has 0 spiro atoms. The van der Waals surface area contributed by atoms with Gasteiger partial charge >= 0.3 is 0 Å². The van der Waals surface area contributed by atoms with E-state index in [9.17, 15) is 4.79 Å². The predicted octanol–water partition coefficient (Wildman–Crippen LogP) is 2.05. The lowest BCUT2D eigenvalue weighted by Gasteiger charge is -2.37. The quantitative estimate of drug-likeness (QED) is 0.791. The van der Waals surface area contributed by atoms with E-state index in [1.807, 2.05) is 11.8 Å². The molecule has 0 aromatic rings.